The van der Waals surface area contributed by atoms with E-state index in [4.69, 9.17) is 0 Å². The molecule has 1 aromatic rings. The third kappa shape index (κ3) is 3.70. The van der Waals surface area contributed by atoms with Gasteiger partial charge in [0.05, 0.1) is 18.9 Å². The highest BCUT2D eigenvalue weighted by molar-refractivity contribution is 9.10. The predicted molar refractivity (Wildman–Crippen MR) is 63.0 cm³/mol. The van der Waals surface area contributed by atoms with Crippen molar-refractivity contribution in [3.05, 3.63) is 24.0 Å². The van der Waals surface area contributed by atoms with Crippen LogP contribution in [-0.2, 0) is 9.53 Å². The molecule has 92 valence electrons. The summed E-state index contributed by atoms with van der Waals surface area (Å²) in [6.45, 7) is 0.0628. The zero-order valence-corrected chi connectivity index (χ0v) is 10.6. The normalized spacial score (nSPS) is 11.6. The van der Waals surface area contributed by atoms with E-state index in [0.29, 0.717) is 0 Å². The summed E-state index contributed by atoms with van der Waals surface area (Å²) in [7, 11) is 1.26. The SMILES string of the molecule is COC(=O)C(Br)CNC(=O)c1ccncc1O. The van der Waals surface area contributed by atoms with Gasteiger partial charge in [-0.2, -0.15) is 0 Å². The van der Waals surface area contributed by atoms with Crippen molar-refractivity contribution in [1.29, 1.82) is 0 Å². The minimum atomic E-state index is -0.625. The van der Waals surface area contributed by atoms with Gasteiger partial charge in [-0.1, -0.05) is 15.9 Å². The van der Waals surface area contributed by atoms with Crippen LogP contribution in [0.5, 0.6) is 5.75 Å². The number of pyridine rings is 1. The number of methoxy groups -OCH3 is 1. The standard InChI is InChI=1S/C10H11BrN2O4/c1-17-10(16)7(11)4-13-9(15)6-2-3-12-5-8(6)14/h2-3,5,7,14H,4H2,1H3,(H,13,15). The van der Waals surface area contributed by atoms with E-state index in [9.17, 15) is 14.7 Å². The van der Waals surface area contributed by atoms with Crippen molar-refractivity contribution in [1.82, 2.24) is 10.3 Å². The van der Waals surface area contributed by atoms with Gasteiger partial charge in [0.25, 0.3) is 5.91 Å². The Kier molecular flexibility index (Phi) is 4.89. The molecule has 1 rings (SSSR count). The van der Waals surface area contributed by atoms with Gasteiger partial charge in [0.1, 0.15) is 10.6 Å². The Balaban J connectivity index is 2.57. The van der Waals surface area contributed by atoms with E-state index in [-0.39, 0.29) is 17.9 Å². The third-order valence-corrected chi connectivity index (χ3v) is 2.64. The molecule has 1 atom stereocenters. The second-order valence-electron chi connectivity index (χ2n) is 3.09. The van der Waals surface area contributed by atoms with Crippen LogP contribution in [-0.4, -0.2) is 40.4 Å². The molecular weight excluding hydrogens is 292 g/mol. The lowest BCUT2D eigenvalue weighted by atomic mass is 10.2. The number of hydrogen-bond acceptors (Lipinski definition) is 5. The molecule has 0 fully saturated rings. The van der Waals surface area contributed by atoms with Crippen molar-refractivity contribution in [2.24, 2.45) is 0 Å². The number of esters is 1. The van der Waals surface area contributed by atoms with Crippen LogP contribution in [0.3, 0.4) is 0 Å². The molecule has 0 spiro atoms. The van der Waals surface area contributed by atoms with E-state index in [1.807, 2.05) is 0 Å². The van der Waals surface area contributed by atoms with E-state index in [2.05, 4.69) is 31.0 Å². The largest absolute Gasteiger partial charge is 0.505 e. The van der Waals surface area contributed by atoms with Crippen LogP contribution >= 0.6 is 15.9 Å². The summed E-state index contributed by atoms with van der Waals surface area (Å²) in [6, 6.07) is 1.38. The lowest BCUT2D eigenvalue weighted by Crippen LogP contribution is -2.33. The van der Waals surface area contributed by atoms with Crippen molar-refractivity contribution in [2.75, 3.05) is 13.7 Å². The minimum absolute atomic E-state index is 0.0628. The van der Waals surface area contributed by atoms with Crippen molar-refractivity contribution in [3.8, 4) is 5.75 Å². The maximum absolute atomic E-state index is 11.6. The number of ether oxygens (including phenoxy) is 1. The van der Waals surface area contributed by atoms with Gasteiger partial charge in [0.15, 0.2) is 0 Å². The topological polar surface area (TPSA) is 88.5 Å². The molecule has 0 aliphatic rings. The Morgan fingerprint density at radius 3 is 2.94 bits per heavy atom. The van der Waals surface area contributed by atoms with Crippen molar-refractivity contribution < 1.29 is 19.4 Å². The molecular formula is C10H11BrN2O4. The first-order valence-electron chi connectivity index (χ1n) is 4.69. The number of amides is 1. The molecule has 0 aliphatic heterocycles. The number of carbonyl (C=O) groups is 2. The minimum Gasteiger partial charge on any atom is -0.505 e. The number of aromatic hydroxyl groups is 1. The number of halogens is 1. The van der Waals surface area contributed by atoms with Gasteiger partial charge in [-0.05, 0) is 6.07 Å². The fourth-order valence-corrected chi connectivity index (χ4v) is 1.42. The fraction of sp³-hybridized carbons (Fsp3) is 0.300. The van der Waals surface area contributed by atoms with E-state index in [0.717, 1.165) is 0 Å². The Morgan fingerprint density at radius 2 is 2.35 bits per heavy atom. The van der Waals surface area contributed by atoms with Crippen molar-refractivity contribution in [3.63, 3.8) is 0 Å². The van der Waals surface area contributed by atoms with Gasteiger partial charge in [-0.3, -0.25) is 14.6 Å². The monoisotopic (exact) mass is 302 g/mol. The van der Waals surface area contributed by atoms with E-state index in [1.165, 1.54) is 25.6 Å². The van der Waals surface area contributed by atoms with Crippen molar-refractivity contribution >= 4 is 27.8 Å². The summed E-state index contributed by atoms with van der Waals surface area (Å²) < 4.78 is 4.48. The Morgan fingerprint density at radius 1 is 1.65 bits per heavy atom. The van der Waals surface area contributed by atoms with E-state index < -0.39 is 16.7 Å². The van der Waals surface area contributed by atoms with Crippen LogP contribution in [0.2, 0.25) is 0 Å². The molecule has 0 bridgehead atoms. The molecule has 0 saturated heterocycles. The second kappa shape index (κ2) is 6.19. The predicted octanol–water partition coefficient (Wildman–Crippen LogP) is 0.453. The molecule has 1 aromatic heterocycles. The van der Waals surface area contributed by atoms with Crippen LogP contribution < -0.4 is 5.32 Å². The van der Waals surface area contributed by atoms with Gasteiger partial charge >= 0.3 is 5.97 Å². The van der Waals surface area contributed by atoms with Gasteiger partial charge in [-0.15, -0.1) is 0 Å². The third-order valence-electron chi connectivity index (χ3n) is 1.94. The van der Waals surface area contributed by atoms with Gasteiger partial charge in [0.2, 0.25) is 0 Å². The Hall–Kier alpha value is -1.63. The molecule has 0 saturated carbocycles. The molecule has 1 unspecified atom stereocenters. The summed E-state index contributed by atoms with van der Waals surface area (Å²) in [5.41, 5.74) is 0.101. The molecule has 1 amide bonds. The molecule has 6 nitrogen and oxygen atoms in total. The maximum Gasteiger partial charge on any atom is 0.321 e. The molecule has 0 aromatic carbocycles. The highest BCUT2D eigenvalue weighted by Crippen LogP contribution is 2.13. The smallest absolute Gasteiger partial charge is 0.321 e. The number of nitrogens with zero attached hydrogens (tertiary/aromatic N) is 1. The first-order valence-corrected chi connectivity index (χ1v) is 5.61. The van der Waals surface area contributed by atoms with Crippen molar-refractivity contribution in [2.45, 2.75) is 4.83 Å². The molecule has 2 N–H and O–H groups in total. The lowest BCUT2D eigenvalue weighted by Gasteiger charge is -2.09. The average Bonchev–Trinajstić information content (AvgIpc) is 2.35. The number of hydrogen-bond donors (Lipinski definition) is 2. The number of nitrogens with one attached hydrogen (secondary N) is 1. The summed E-state index contributed by atoms with van der Waals surface area (Å²) in [6.07, 6.45) is 2.56. The summed E-state index contributed by atoms with van der Waals surface area (Å²) in [4.78, 5) is 25.7. The van der Waals surface area contributed by atoms with E-state index >= 15 is 0 Å². The maximum atomic E-state index is 11.6. The number of carbonyl (C=O) groups excluding carboxylic acids is 2. The molecule has 1 heterocycles. The summed E-state index contributed by atoms with van der Waals surface area (Å²) in [5.74, 6) is -1.18. The molecule has 0 aliphatic carbocycles. The Bertz CT molecular complexity index is 425. The molecule has 0 radical (unpaired) electrons. The highest BCUT2D eigenvalue weighted by Gasteiger charge is 2.17. The molecule has 7 heteroatoms. The van der Waals surface area contributed by atoms with Gasteiger partial charge in [-0.25, -0.2) is 0 Å². The number of alkyl halides is 1. The van der Waals surface area contributed by atoms with Gasteiger partial charge < -0.3 is 15.2 Å². The van der Waals surface area contributed by atoms with Crippen LogP contribution in [0.1, 0.15) is 10.4 Å². The average molecular weight is 303 g/mol. The van der Waals surface area contributed by atoms with Crippen LogP contribution in [0.25, 0.3) is 0 Å². The zero-order valence-electron chi connectivity index (χ0n) is 9.01. The van der Waals surface area contributed by atoms with Crippen LogP contribution in [0.15, 0.2) is 18.5 Å². The molecule has 17 heavy (non-hydrogen) atoms. The first kappa shape index (κ1) is 13.4. The summed E-state index contributed by atoms with van der Waals surface area (Å²) in [5, 5.41) is 11.9. The quantitative estimate of drug-likeness (QED) is 0.623. The van der Waals surface area contributed by atoms with E-state index in [1.54, 1.807) is 0 Å². The number of rotatable bonds is 4. The van der Waals surface area contributed by atoms with Crippen LogP contribution in [0.4, 0.5) is 0 Å². The Labute approximate surface area is 106 Å². The summed E-state index contributed by atoms with van der Waals surface area (Å²) >= 11 is 3.06. The first-order chi connectivity index (χ1) is 8.06. The van der Waals surface area contributed by atoms with Gasteiger partial charge in [0, 0.05) is 12.7 Å². The lowest BCUT2D eigenvalue weighted by molar-refractivity contribution is -0.139. The fourth-order valence-electron chi connectivity index (χ4n) is 1.07. The number of aromatic nitrogens is 1. The zero-order chi connectivity index (χ0) is 12.8. The highest BCUT2D eigenvalue weighted by atomic mass is 79.9. The van der Waals surface area contributed by atoms with Crippen LogP contribution in [0, 0.1) is 0 Å². The second-order valence-corrected chi connectivity index (χ2v) is 4.20.